The van der Waals surface area contributed by atoms with E-state index >= 15 is 0 Å². The summed E-state index contributed by atoms with van der Waals surface area (Å²) in [6, 6.07) is 17.5. The van der Waals surface area contributed by atoms with Crippen LogP contribution < -0.4 is 16.4 Å². The number of hydrogen-bond acceptors (Lipinski definition) is 7. The first-order valence-electron chi connectivity index (χ1n) is 8.97. The fraction of sp³-hybridized carbons (Fsp3) is 0.200. The molecule has 1 heterocycles. The lowest BCUT2D eigenvalue weighted by Gasteiger charge is -2.32. The van der Waals surface area contributed by atoms with E-state index in [9.17, 15) is 9.59 Å². The van der Waals surface area contributed by atoms with Crippen molar-refractivity contribution in [3.8, 4) is 0 Å². The van der Waals surface area contributed by atoms with Crippen LogP contribution >= 0.6 is 23.6 Å². The first-order valence-corrected chi connectivity index (χ1v) is 10.2. The van der Waals surface area contributed by atoms with Crippen LogP contribution in [0.25, 0.3) is 0 Å². The second-order valence-corrected chi connectivity index (χ2v) is 8.10. The van der Waals surface area contributed by atoms with E-state index in [1.807, 2.05) is 36.4 Å². The second-order valence-electron chi connectivity index (χ2n) is 6.44. The number of H-pyrrole nitrogens is 1. The van der Waals surface area contributed by atoms with Gasteiger partial charge in [0.1, 0.15) is 17.9 Å². The number of nitrogens with two attached hydrogens (primary N) is 1. The Morgan fingerprint density at radius 2 is 1.86 bits per heavy atom. The number of rotatable bonds is 9. The summed E-state index contributed by atoms with van der Waals surface area (Å²) in [4.78, 5) is 25.1. The average Bonchev–Trinajstić information content (AvgIpc) is 3.17. The molecule has 0 radical (unpaired) electrons. The van der Waals surface area contributed by atoms with E-state index in [1.54, 1.807) is 24.3 Å². The lowest BCUT2D eigenvalue weighted by molar-refractivity contribution is -0.126. The number of aromatic nitrogens is 2. The fourth-order valence-electron chi connectivity index (χ4n) is 2.92. The minimum Gasteiger partial charge on any atom is -0.354 e. The lowest BCUT2D eigenvalue weighted by Crippen LogP contribution is -2.59. The summed E-state index contributed by atoms with van der Waals surface area (Å²) in [5.74, 6) is -0.402. The maximum atomic E-state index is 13.1. The Labute approximate surface area is 177 Å². The van der Waals surface area contributed by atoms with Gasteiger partial charge in [-0.15, -0.1) is 5.10 Å². The molecule has 3 rings (SSSR count). The molecular formula is C20H21N5O2S2. The summed E-state index contributed by atoms with van der Waals surface area (Å²) in [7, 11) is 0. The predicted molar refractivity (Wildman–Crippen MR) is 116 cm³/mol. The van der Waals surface area contributed by atoms with Crippen molar-refractivity contribution in [2.24, 2.45) is 5.73 Å². The van der Waals surface area contributed by atoms with E-state index in [-0.39, 0.29) is 0 Å². The summed E-state index contributed by atoms with van der Waals surface area (Å²) in [5.41, 5.74) is 6.47. The molecule has 0 aliphatic rings. The molecule has 0 aliphatic carbocycles. The molecule has 9 heteroatoms. The standard InChI is InChI=1S/C20H21N5O2S2/c21-20(13-26,15-9-5-2-6-10-15)16(23-18-24-25-19(28)29-18)17(27)22-12-11-14-7-3-1-4-8-14/h1-10,13,16H,11-12,21H2,(H,22,27)(H,23,24)(H,25,28). The normalized spacial score (nSPS) is 13.8. The highest BCUT2D eigenvalue weighted by molar-refractivity contribution is 7.73. The van der Waals surface area contributed by atoms with Crippen molar-refractivity contribution >= 4 is 40.9 Å². The first kappa shape index (κ1) is 20.8. The van der Waals surface area contributed by atoms with E-state index in [0.29, 0.717) is 33.9 Å². The summed E-state index contributed by atoms with van der Waals surface area (Å²) in [6.45, 7) is 0.404. The molecule has 0 spiro atoms. The monoisotopic (exact) mass is 427 g/mol. The Bertz CT molecular complexity index is 1010. The number of carbonyl (C=O) groups excluding carboxylic acids is 2. The zero-order chi connectivity index (χ0) is 20.7. The molecule has 1 amide bonds. The second kappa shape index (κ2) is 9.55. The predicted octanol–water partition coefficient (Wildman–Crippen LogP) is 2.39. The van der Waals surface area contributed by atoms with E-state index in [1.165, 1.54) is 0 Å². The summed E-state index contributed by atoms with van der Waals surface area (Å²) < 4.78 is 0.448. The van der Waals surface area contributed by atoms with Crippen LogP contribution in [0.5, 0.6) is 0 Å². The molecule has 0 saturated carbocycles. The van der Waals surface area contributed by atoms with Crippen LogP contribution in [0.15, 0.2) is 60.7 Å². The third-order valence-corrected chi connectivity index (χ3v) is 5.49. The van der Waals surface area contributed by atoms with Crippen molar-refractivity contribution in [1.29, 1.82) is 0 Å². The largest absolute Gasteiger partial charge is 0.354 e. The lowest BCUT2D eigenvalue weighted by atomic mass is 9.84. The molecule has 7 nitrogen and oxygen atoms in total. The molecule has 2 unspecified atom stereocenters. The molecule has 150 valence electrons. The Morgan fingerprint density at radius 1 is 1.21 bits per heavy atom. The van der Waals surface area contributed by atoms with Crippen LogP contribution in [0, 0.1) is 3.95 Å². The van der Waals surface area contributed by atoms with Gasteiger partial charge in [-0.2, -0.15) is 0 Å². The zero-order valence-corrected chi connectivity index (χ0v) is 17.1. The SMILES string of the molecule is NC(C=O)(c1ccccc1)C(Nc1n[nH]c(=S)s1)C(=O)NCCc1ccccc1. The molecule has 1 aromatic heterocycles. The van der Waals surface area contributed by atoms with Crippen LogP contribution in [0.4, 0.5) is 5.13 Å². The number of carbonyl (C=O) groups is 2. The molecule has 29 heavy (non-hydrogen) atoms. The molecule has 5 N–H and O–H groups in total. The molecule has 0 saturated heterocycles. The molecule has 2 aromatic carbocycles. The number of nitrogens with one attached hydrogen (secondary N) is 3. The van der Waals surface area contributed by atoms with Gasteiger partial charge in [0.05, 0.1) is 0 Å². The fourth-order valence-corrected chi connectivity index (χ4v) is 3.74. The van der Waals surface area contributed by atoms with Crippen molar-refractivity contribution in [3.05, 3.63) is 75.7 Å². The smallest absolute Gasteiger partial charge is 0.245 e. The van der Waals surface area contributed by atoms with Crippen LogP contribution in [-0.2, 0) is 21.5 Å². The van der Waals surface area contributed by atoms with Gasteiger partial charge in [-0.3, -0.25) is 9.89 Å². The molecule has 3 aromatic rings. The van der Waals surface area contributed by atoms with Crippen molar-refractivity contribution in [3.63, 3.8) is 0 Å². The van der Waals surface area contributed by atoms with Crippen LogP contribution in [0.1, 0.15) is 11.1 Å². The van der Waals surface area contributed by atoms with Gasteiger partial charge in [0.15, 0.2) is 3.95 Å². The Hall–Kier alpha value is -2.88. The van der Waals surface area contributed by atoms with E-state index in [2.05, 4.69) is 20.8 Å². The summed E-state index contributed by atoms with van der Waals surface area (Å²) in [6.07, 6.45) is 1.24. The molecule has 2 atom stereocenters. The number of anilines is 1. The number of benzene rings is 2. The van der Waals surface area contributed by atoms with Crippen LogP contribution in [0.3, 0.4) is 0 Å². The molecule has 0 fully saturated rings. The van der Waals surface area contributed by atoms with E-state index in [0.717, 1.165) is 16.9 Å². The van der Waals surface area contributed by atoms with Gasteiger partial charge in [-0.25, -0.2) is 0 Å². The van der Waals surface area contributed by atoms with Gasteiger partial charge in [0.2, 0.25) is 11.0 Å². The number of nitrogens with zero attached hydrogens (tertiary/aromatic N) is 1. The number of aldehydes is 1. The topological polar surface area (TPSA) is 113 Å². The maximum Gasteiger partial charge on any atom is 0.245 e. The maximum absolute atomic E-state index is 13.1. The highest BCUT2D eigenvalue weighted by atomic mass is 32.1. The molecule has 0 bridgehead atoms. The number of aromatic amines is 1. The van der Waals surface area contributed by atoms with Gasteiger partial charge < -0.3 is 21.2 Å². The number of hydrogen-bond donors (Lipinski definition) is 4. The minimum absolute atomic E-state index is 0.380. The highest BCUT2D eigenvalue weighted by Gasteiger charge is 2.42. The van der Waals surface area contributed by atoms with Gasteiger partial charge in [0, 0.05) is 6.54 Å². The van der Waals surface area contributed by atoms with Gasteiger partial charge in [-0.1, -0.05) is 72.0 Å². The Balaban J connectivity index is 1.82. The van der Waals surface area contributed by atoms with E-state index < -0.39 is 17.5 Å². The van der Waals surface area contributed by atoms with Crippen molar-refractivity contribution < 1.29 is 9.59 Å². The first-order chi connectivity index (χ1) is 14.0. The van der Waals surface area contributed by atoms with Gasteiger partial charge in [-0.05, 0) is 29.8 Å². The molecular weight excluding hydrogens is 406 g/mol. The van der Waals surface area contributed by atoms with Gasteiger partial charge in [0.25, 0.3) is 0 Å². The van der Waals surface area contributed by atoms with E-state index in [4.69, 9.17) is 18.0 Å². The van der Waals surface area contributed by atoms with Crippen molar-refractivity contribution in [1.82, 2.24) is 15.5 Å². The highest BCUT2D eigenvalue weighted by Crippen LogP contribution is 2.24. The number of amides is 1. The zero-order valence-electron chi connectivity index (χ0n) is 15.5. The quantitative estimate of drug-likeness (QED) is 0.308. The van der Waals surface area contributed by atoms with Crippen molar-refractivity contribution in [2.45, 2.75) is 18.0 Å². The van der Waals surface area contributed by atoms with Crippen LogP contribution in [-0.4, -0.2) is 35.0 Å². The van der Waals surface area contributed by atoms with Gasteiger partial charge >= 0.3 is 0 Å². The Kier molecular flexibility index (Phi) is 6.86. The third-order valence-electron chi connectivity index (χ3n) is 4.47. The molecule has 0 aliphatic heterocycles. The average molecular weight is 428 g/mol. The summed E-state index contributed by atoms with van der Waals surface area (Å²) in [5, 5.41) is 12.9. The Morgan fingerprint density at radius 3 is 2.45 bits per heavy atom. The van der Waals surface area contributed by atoms with Crippen LogP contribution in [0.2, 0.25) is 0 Å². The third kappa shape index (κ3) is 5.14. The summed E-state index contributed by atoms with van der Waals surface area (Å²) >= 11 is 6.21. The van der Waals surface area contributed by atoms with Crippen molar-refractivity contribution in [2.75, 3.05) is 11.9 Å². The minimum atomic E-state index is -1.59.